The number of hydrogen-bond acceptors (Lipinski definition) is 3. The molecule has 0 spiro atoms. The van der Waals surface area contributed by atoms with E-state index in [9.17, 15) is 0 Å². The Balaban J connectivity index is 1.68. The average Bonchev–Trinajstić information content (AvgIpc) is 3.25. The Morgan fingerprint density at radius 3 is 2.89 bits per heavy atom. The molecule has 2 rings (SSSR count). The van der Waals surface area contributed by atoms with E-state index in [4.69, 9.17) is 4.74 Å². The summed E-state index contributed by atoms with van der Waals surface area (Å²) in [4.78, 5) is 4.35. The third kappa shape index (κ3) is 5.60. The Morgan fingerprint density at radius 1 is 1.26 bits per heavy atom. The smallest absolute Gasteiger partial charge is 0.217 e. The SMILES string of the molecule is CCCCCCCOc1ncccc1CNC1CC1. The van der Waals surface area contributed by atoms with Gasteiger partial charge in [0.05, 0.1) is 6.61 Å². The summed E-state index contributed by atoms with van der Waals surface area (Å²) in [5.74, 6) is 0.811. The third-order valence-electron chi connectivity index (χ3n) is 3.50. The number of nitrogens with zero attached hydrogens (tertiary/aromatic N) is 1. The van der Waals surface area contributed by atoms with Gasteiger partial charge in [0.2, 0.25) is 5.88 Å². The van der Waals surface area contributed by atoms with Gasteiger partial charge in [-0.25, -0.2) is 4.98 Å². The first-order valence-electron chi connectivity index (χ1n) is 7.70. The molecule has 0 bridgehead atoms. The number of pyridine rings is 1. The lowest BCUT2D eigenvalue weighted by molar-refractivity contribution is 0.289. The molecule has 1 aliphatic carbocycles. The topological polar surface area (TPSA) is 34.1 Å². The molecular weight excluding hydrogens is 236 g/mol. The third-order valence-corrected chi connectivity index (χ3v) is 3.50. The van der Waals surface area contributed by atoms with E-state index in [1.165, 1.54) is 44.1 Å². The van der Waals surface area contributed by atoms with Crippen molar-refractivity contribution in [2.45, 2.75) is 64.5 Å². The molecule has 0 amide bonds. The minimum atomic E-state index is 0.724. The molecule has 1 N–H and O–H groups in total. The van der Waals surface area contributed by atoms with Crippen molar-refractivity contribution in [3.05, 3.63) is 23.9 Å². The van der Waals surface area contributed by atoms with Crippen LogP contribution in [-0.2, 0) is 6.54 Å². The first kappa shape index (κ1) is 14.3. The van der Waals surface area contributed by atoms with E-state index in [1.54, 1.807) is 0 Å². The summed E-state index contributed by atoms with van der Waals surface area (Å²) in [5.41, 5.74) is 1.18. The molecule has 0 atom stereocenters. The van der Waals surface area contributed by atoms with Crippen LogP contribution in [0.2, 0.25) is 0 Å². The summed E-state index contributed by atoms with van der Waals surface area (Å²) in [7, 11) is 0. The first-order chi connectivity index (χ1) is 9.40. The van der Waals surface area contributed by atoms with E-state index in [1.807, 2.05) is 12.3 Å². The van der Waals surface area contributed by atoms with E-state index >= 15 is 0 Å². The second kappa shape index (κ2) is 8.16. The minimum absolute atomic E-state index is 0.724. The molecule has 0 radical (unpaired) electrons. The number of nitrogens with one attached hydrogen (secondary N) is 1. The van der Waals surface area contributed by atoms with Gasteiger partial charge in [0.15, 0.2) is 0 Å². The van der Waals surface area contributed by atoms with Crippen LogP contribution in [0.5, 0.6) is 5.88 Å². The van der Waals surface area contributed by atoms with Crippen LogP contribution in [-0.4, -0.2) is 17.6 Å². The molecule has 106 valence electrons. The van der Waals surface area contributed by atoms with Crippen molar-refractivity contribution in [2.75, 3.05) is 6.61 Å². The van der Waals surface area contributed by atoms with Gasteiger partial charge in [0.25, 0.3) is 0 Å². The van der Waals surface area contributed by atoms with Crippen molar-refractivity contribution in [3.63, 3.8) is 0 Å². The van der Waals surface area contributed by atoms with Crippen molar-refractivity contribution in [2.24, 2.45) is 0 Å². The maximum atomic E-state index is 5.82. The highest BCUT2D eigenvalue weighted by atomic mass is 16.5. The zero-order valence-electron chi connectivity index (χ0n) is 12.0. The highest BCUT2D eigenvalue weighted by Gasteiger charge is 2.20. The fourth-order valence-corrected chi connectivity index (χ4v) is 2.10. The molecule has 1 saturated carbocycles. The molecular formula is C16H26N2O. The van der Waals surface area contributed by atoms with Crippen LogP contribution in [0, 0.1) is 0 Å². The second-order valence-corrected chi connectivity index (χ2v) is 5.39. The van der Waals surface area contributed by atoms with Crippen molar-refractivity contribution >= 4 is 0 Å². The van der Waals surface area contributed by atoms with Crippen LogP contribution < -0.4 is 10.1 Å². The molecule has 1 heterocycles. The van der Waals surface area contributed by atoms with E-state index in [2.05, 4.69) is 23.3 Å². The quantitative estimate of drug-likeness (QED) is 0.653. The summed E-state index contributed by atoms with van der Waals surface area (Å²) in [6.07, 6.45) is 10.8. The fourth-order valence-electron chi connectivity index (χ4n) is 2.10. The predicted molar refractivity (Wildman–Crippen MR) is 78.4 cm³/mol. The molecule has 0 aromatic carbocycles. The Hall–Kier alpha value is -1.09. The Labute approximate surface area is 116 Å². The highest BCUT2D eigenvalue weighted by molar-refractivity contribution is 5.25. The summed E-state index contributed by atoms with van der Waals surface area (Å²) < 4.78 is 5.82. The fraction of sp³-hybridized carbons (Fsp3) is 0.688. The standard InChI is InChI=1S/C16H26N2O/c1-2-3-4-5-6-12-19-16-14(8-7-11-17-16)13-18-15-9-10-15/h7-8,11,15,18H,2-6,9-10,12-13H2,1H3. The second-order valence-electron chi connectivity index (χ2n) is 5.39. The number of rotatable bonds is 10. The highest BCUT2D eigenvalue weighted by Crippen LogP contribution is 2.21. The molecule has 1 aliphatic rings. The lowest BCUT2D eigenvalue weighted by atomic mass is 10.2. The number of aromatic nitrogens is 1. The van der Waals surface area contributed by atoms with Gasteiger partial charge in [-0.05, 0) is 25.3 Å². The van der Waals surface area contributed by atoms with Crippen LogP contribution in [0.1, 0.15) is 57.4 Å². The van der Waals surface area contributed by atoms with Crippen LogP contribution in [0.3, 0.4) is 0 Å². The first-order valence-corrected chi connectivity index (χ1v) is 7.70. The molecule has 0 aliphatic heterocycles. The molecule has 19 heavy (non-hydrogen) atoms. The van der Waals surface area contributed by atoms with E-state index < -0.39 is 0 Å². The summed E-state index contributed by atoms with van der Waals surface area (Å²) >= 11 is 0. The van der Waals surface area contributed by atoms with E-state index in [-0.39, 0.29) is 0 Å². The number of hydrogen-bond donors (Lipinski definition) is 1. The minimum Gasteiger partial charge on any atom is -0.477 e. The number of ether oxygens (including phenoxy) is 1. The van der Waals surface area contributed by atoms with Gasteiger partial charge in [0.1, 0.15) is 0 Å². The van der Waals surface area contributed by atoms with Crippen molar-refractivity contribution in [1.29, 1.82) is 0 Å². The summed E-state index contributed by atoms with van der Waals surface area (Å²) in [5, 5.41) is 3.51. The molecule has 1 aromatic heterocycles. The Kier molecular flexibility index (Phi) is 6.15. The Bertz CT molecular complexity index is 364. The van der Waals surface area contributed by atoms with Gasteiger partial charge in [-0.1, -0.05) is 38.7 Å². The summed E-state index contributed by atoms with van der Waals surface area (Å²) in [6.45, 7) is 3.91. The van der Waals surface area contributed by atoms with Crippen molar-refractivity contribution in [3.8, 4) is 5.88 Å². The normalized spacial score (nSPS) is 14.6. The van der Waals surface area contributed by atoms with Gasteiger partial charge >= 0.3 is 0 Å². The van der Waals surface area contributed by atoms with E-state index in [0.717, 1.165) is 31.5 Å². The zero-order valence-corrected chi connectivity index (χ0v) is 12.0. The summed E-state index contributed by atoms with van der Waals surface area (Å²) in [6, 6.07) is 4.81. The lowest BCUT2D eigenvalue weighted by Crippen LogP contribution is -2.16. The van der Waals surface area contributed by atoms with Gasteiger partial charge in [0, 0.05) is 24.3 Å². The molecule has 0 unspecified atom stereocenters. The average molecular weight is 262 g/mol. The molecule has 1 aromatic rings. The predicted octanol–water partition coefficient (Wildman–Crippen LogP) is 3.68. The van der Waals surface area contributed by atoms with Crippen LogP contribution >= 0.6 is 0 Å². The van der Waals surface area contributed by atoms with Gasteiger partial charge in [-0.15, -0.1) is 0 Å². The Morgan fingerprint density at radius 2 is 2.11 bits per heavy atom. The zero-order chi connectivity index (χ0) is 13.3. The van der Waals surface area contributed by atoms with E-state index in [0.29, 0.717) is 0 Å². The lowest BCUT2D eigenvalue weighted by Gasteiger charge is -2.10. The molecule has 3 heteroatoms. The van der Waals surface area contributed by atoms with Crippen molar-refractivity contribution in [1.82, 2.24) is 10.3 Å². The van der Waals surface area contributed by atoms with Crippen LogP contribution in [0.4, 0.5) is 0 Å². The van der Waals surface area contributed by atoms with Crippen LogP contribution in [0.15, 0.2) is 18.3 Å². The van der Waals surface area contributed by atoms with Crippen LogP contribution in [0.25, 0.3) is 0 Å². The molecule has 0 saturated heterocycles. The largest absolute Gasteiger partial charge is 0.477 e. The maximum Gasteiger partial charge on any atom is 0.217 e. The van der Waals surface area contributed by atoms with Crippen molar-refractivity contribution < 1.29 is 4.74 Å². The van der Waals surface area contributed by atoms with Gasteiger partial charge in [-0.3, -0.25) is 0 Å². The maximum absolute atomic E-state index is 5.82. The number of unbranched alkanes of at least 4 members (excludes halogenated alkanes) is 4. The molecule has 3 nitrogen and oxygen atoms in total. The van der Waals surface area contributed by atoms with Gasteiger partial charge < -0.3 is 10.1 Å². The van der Waals surface area contributed by atoms with Gasteiger partial charge in [-0.2, -0.15) is 0 Å². The molecule has 1 fully saturated rings. The monoisotopic (exact) mass is 262 g/mol.